The Labute approximate surface area is 137 Å². The summed E-state index contributed by atoms with van der Waals surface area (Å²) >= 11 is 3.40. The Hall–Kier alpha value is -1.66. The highest BCUT2D eigenvalue weighted by atomic mass is 79.9. The third-order valence-corrected chi connectivity index (χ3v) is 4.37. The summed E-state index contributed by atoms with van der Waals surface area (Å²) in [5.41, 5.74) is 2.58. The molecule has 1 aliphatic rings. The van der Waals surface area contributed by atoms with E-state index in [9.17, 15) is 4.79 Å². The quantitative estimate of drug-likeness (QED) is 0.874. The minimum Gasteiger partial charge on any atom is -0.381 e. The number of hydrogen-bond acceptors (Lipinski definition) is 3. The summed E-state index contributed by atoms with van der Waals surface area (Å²) in [7, 11) is 0. The van der Waals surface area contributed by atoms with E-state index in [1.54, 1.807) is 6.07 Å². The maximum atomic E-state index is 12.3. The first-order valence-electron chi connectivity index (χ1n) is 7.34. The lowest BCUT2D eigenvalue weighted by Gasteiger charge is -2.20. The maximum absolute atomic E-state index is 12.3. The molecule has 5 nitrogen and oxygen atoms in total. The Morgan fingerprint density at radius 1 is 1.45 bits per heavy atom. The van der Waals surface area contributed by atoms with E-state index in [-0.39, 0.29) is 5.91 Å². The van der Waals surface area contributed by atoms with Crippen molar-refractivity contribution in [3.63, 3.8) is 0 Å². The first-order valence-corrected chi connectivity index (χ1v) is 8.13. The van der Waals surface area contributed by atoms with Crippen LogP contribution in [0.4, 0.5) is 5.82 Å². The van der Waals surface area contributed by atoms with Gasteiger partial charge in [0.25, 0.3) is 5.91 Å². The molecule has 0 spiro atoms. The maximum Gasteiger partial charge on any atom is 0.257 e. The molecule has 1 unspecified atom stereocenters. The number of aromatic nitrogens is 2. The second kappa shape index (κ2) is 6.62. The number of halogens is 1. The largest absolute Gasteiger partial charge is 0.381 e. The van der Waals surface area contributed by atoms with Gasteiger partial charge in [-0.15, -0.1) is 0 Å². The highest BCUT2D eigenvalue weighted by Gasteiger charge is 2.19. The van der Waals surface area contributed by atoms with E-state index >= 15 is 0 Å². The molecule has 1 aromatic carbocycles. The number of benzene rings is 1. The molecule has 1 aliphatic heterocycles. The van der Waals surface area contributed by atoms with Gasteiger partial charge in [-0.2, -0.15) is 5.10 Å². The molecule has 116 valence electrons. The lowest BCUT2D eigenvalue weighted by molar-refractivity contribution is 0.0793. The van der Waals surface area contributed by atoms with E-state index < -0.39 is 0 Å². The molecule has 1 aromatic heterocycles. The number of carbonyl (C=O) groups excluding carboxylic acids is 1. The standard InChI is InChI=1S/C16H18BrN3O2/c1-10-7-12(17)4-5-13(10)16(21)18-15-8-14(19-20-15)11-3-2-6-22-9-11/h4-5,7-8,11H,2-3,6,9H2,1H3,(H2,18,19,20,21). The monoisotopic (exact) mass is 363 g/mol. The van der Waals surface area contributed by atoms with Gasteiger partial charge in [0.1, 0.15) is 0 Å². The highest BCUT2D eigenvalue weighted by molar-refractivity contribution is 9.10. The number of carbonyl (C=O) groups is 1. The summed E-state index contributed by atoms with van der Waals surface area (Å²) in [6.45, 7) is 3.45. The predicted octanol–water partition coefficient (Wildman–Crippen LogP) is 3.63. The first-order chi connectivity index (χ1) is 10.6. The lowest BCUT2D eigenvalue weighted by Crippen LogP contribution is -2.15. The van der Waals surface area contributed by atoms with Gasteiger partial charge >= 0.3 is 0 Å². The van der Waals surface area contributed by atoms with Crippen LogP contribution in [-0.2, 0) is 4.74 Å². The molecule has 3 rings (SSSR count). The number of H-pyrrole nitrogens is 1. The number of aryl methyl sites for hydroxylation is 1. The average molecular weight is 364 g/mol. The van der Waals surface area contributed by atoms with Crippen LogP contribution in [0.3, 0.4) is 0 Å². The van der Waals surface area contributed by atoms with Crippen LogP contribution in [0.1, 0.15) is 40.4 Å². The fourth-order valence-electron chi connectivity index (χ4n) is 2.66. The molecular formula is C16H18BrN3O2. The van der Waals surface area contributed by atoms with Gasteiger partial charge in [-0.25, -0.2) is 0 Å². The zero-order chi connectivity index (χ0) is 15.5. The van der Waals surface area contributed by atoms with Gasteiger partial charge in [-0.3, -0.25) is 9.89 Å². The van der Waals surface area contributed by atoms with Crippen molar-refractivity contribution >= 4 is 27.7 Å². The Morgan fingerprint density at radius 3 is 3.05 bits per heavy atom. The second-order valence-corrected chi connectivity index (χ2v) is 6.45. The Balaban J connectivity index is 1.70. The molecule has 1 atom stereocenters. The van der Waals surface area contributed by atoms with Crippen molar-refractivity contribution in [2.45, 2.75) is 25.7 Å². The van der Waals surface area contributed by atoms with Gasteiger partial charge in [0.2, 0.25) is 0 Å². The molecule has 1 fully saturated rings. The van der Waals surface area contributed by atoms with Crippen molar-refractivity contribution in [1.29, 1.82) is 0 Å². The highest BCUT2D eigenvalue weighted by Crippen LogP contribution is 2.25. The number of nitrogens with zero attached hydrogens (tertiary/aromatic N) is 1. The third kappa shape index (κ3) is 3.39. The van der Waals surface area contributed by atoms with Gasteiger partial charge in [-0.05, 0) is 43.5 Å². The molecule has 22 heavy (non-hydrogen) atoms. The SMILES string of the molecule is Cc1cc(Br)ccc1C(=O)Nc1cc(C2CCCOC2)[nH]n1. The molecule has 1 saturated heterocycles. The number of rotatable bonds is 3. The van der Waals surface area contributed by atoms with Gasteiger partial charge in [0.15, 0.2) is 5.82 Å². The summed E-state index contributed by atoms with van der Waals surface area (Å²) in [6, 6.07) is 7.48. The number of anilines is 1. The van der Waals surface area contributed by atoms with Crippen LogP contribution in [0.25, 0.3) is 0 Å². The van der Waals surface area contributed by atoms with E-state index in [0.717, 1.165) is 35.2 Å². The third-order valence-electron chi connectivity index (χ3n) is 3.87. The molecule has 2 aromatic rings. The zero-order valence-electron chi connectivity index (χ0n) is 12.4. The average Bonchev–Trinajstić information content (AvgIpc) is 2.96. The smallest absolute Gasteiger partial charge is 0.257 e. The lowest BCUT2D eigenvalue weighted by atomic mass is 9.99. The molecule has 0 saturated carbocycles. The summed E-state index contributed by atoms with van der Waals surface area (Å²) in [5, 5.41) is 10.0. The van der Waals surface area contributed by atoms with Gasteiger partial charge in [0.05, 0.1) is 6.61 Å². The molecule has 2 heterocycles. The fraction of sp³-hybridized carbons (Fsp3) is 0.375. The van der Waals surface area contributed by atoms with Crippen LogP contribution in [0.2, 0.25) is 0 Å². The summed E-state index contributed by atoms with van der Waals surface area (Å²) in [6.07, 6.45) is 2.14. The van der Waals surface area contributed by atoms with Crippen LogP contribution in [0, 0.1) is 6.92 Å². The van der Waals surface area contributed by atoms with E-state index in [1.807, 2.05) is 25.1 Å². The van der Waals surface area contributed by atoms with Crippen molar-refractivity contribution in [1.82, 2.24) is 10.2 Å². The van der Waals surface area contributed by atoms with E-state index in [0.29, 0.717) is 23.9 Å². The van der Waals surface area contributed by atoms with Crippen LogP contribution in [0.15, 0.2) is 28.7 Å². The Kier molecular flexibility index (Phi) is 4.59. The molecule has 2 N–H and O–H groups in total. The van der Waals surface area contributed by atoms with Crippen LogP contribution in [-0.4, -0.2) is 29.3 Å². The topological polar surface area (TPSA) is 67.0 Å². The molecule has 0 radical (unpaired) electrons. The molecule has 0 bridgehead atoms. The zero-order valence-corrected chi connectivity index (χ0v) is 13.9. The van der Waals surface area contributed by atoms with Crippen LogP contribution >= 0.6 is 15.9 Å². The number of ether oxygens (including phenoxy) is 1. The molecule has 6 heteroatoms. The van der Waals surface area contributed by atoms with Crippen molar-refractivity contribution in [3.05, 3.63) is 45.6 Å². The number of nitrogens with one attached hydrogen (secondary N) is 2. The Bertz CT molecular complexity index is 678. The van der Waals surface area contributed by atoms with E-state index in [2.05, 4.69) is 31.4 Å². The van der Waals surface area contributed by atoms with Crippen molar-refractivity contribution < 1.29 is 9.53 Å². The van der Waals surface area contributed by atoms with Crippen molar-refractivity contribution in [2.24, 2.45) is 0 Å². The van der Waals surface area contributed by atoms with Crippen molar-refractivity contribution in [2.75, 3.05) is 18.5 Å². The summed E-state index contributed by atoms with van der Waals surface area (Å²) in [4.78, 5) is 12.3. The van der Waals surface area contributed by atoms with Gasteiger partial charge in [-0.1, -0.05) is 15.9 Å². The molecular weight excluding hydrogens is 346 g/mol. The number of amides is 1. The Morgan fingerprint density at radius 2 is 2.32 bits per heavy atom. The predicted molar refractivity (Wildman–Crippen MR) is 88.2 cm³/mol. The minimum atomic E-state index is -0.150. The first kappa shape index (κ1) is 15.2. The van der Waals surface area contributed by atoms with E-state index in [4.69, 9.17) is 4.74 Å². The van der Waals surface area contributed by atoms with Crippen molar-refractivity contribution in [3.8, 4) is 0 Å². The summed E-state index contributed by atoms with van der Waals surface area (Å²) in [5.74, 6) is 0.733. The molecule has 1 amide bonds. The van der Waals surface area contributed by atoms with Gasteiger partial charge < -0.3 is 10.1 Å². The summed E-state index contributed by atoms with van der Waals surface area (Å²) < 4.78 is 6.44. The van der Waals surface area contributed by atoms with Crippen LogP contribution in [0.5, 0.6) is 0 Å². The fourth-order valence-corrected chi connectivity index (χ4v) is 3.14. The van der Waals surface area contributed by atoms with E-state index in [1.165, 1.54) is 0 Å². The van der Waals surface area contributed by atoms with Gasteiger partial charge in [0, 0.05) is 34.3 Å². The minimum absolute atomic E-state index is 0.150. The second-order valence-electron chi connectivity index (χ2n) is 5.54. The molecule has 0 aliphatic carbocycles. The van der Waals surface area contributed by atoms with Crippen LogP contribution < -0.4 is 5.32 Å². The number of hydrogen-bond donors (Lipinski definition) is 2. The normalized spacial score (nSPS) is 18.2. The number of aromatic amines is 1.